The molecule has 0 radical (unpaired) electrons. The number of hydrogen-bond acceptors (Lipinski definition) is 3. The fourth-order valence-electron chi connectivity index (χ4n) is 1.76. The molecule has 0 aromatic carbocycles. The number of carbonyl (C=O) groups is 1. The van der Waals surface area contributed by atoms with Gasteiger partial charge >= 0.3 is 0 Å². The monoisotopic (exact) mass is 249 g/mol. The van der Waals surface area contributed by atoms with Crippen LogP contribution in [-0.2, 0) is 4.79 Å². The summed E-state index contributed by atoms with van der Waals surface area (Å²) < 4.78 is 0. The Balaban J connectivity index is 0.00000225. The molecule has 16 heavy (non-hydrogen) atoms. The Hall–Kier alpha value is -0.320. The summed E-state index contributed by atoms with van der Waals surface area (Å²) in [5, 5.41) is 3.31. The van der Waals surface area contributed by atoms with E-state index in [0.29, 0.717) is 12.6 Å². The molecule has 0 bridgehead atoms. The molecule has 0 aliphatic carbocycles. The number of rotatable bonds is 4. The Morgan fingerprint density at radius 1 is 1.44 bits per heavy atom. The maximum absolute atomic E-state index is 11.8. The SMILES string of the molecule is CC(C)N(C)C(=O)CN(C)C1CCNC1.Cl. The number of nitrogens with one attached hydrogen (secondary N) is 1. The van der Waals surface area contributed by atoms with Gasteiger partial charge in [0, 0.05) is 25.7 Å². The highest BCUT2D eigenvalue weighted by molar-refractivity contribution is 5.85. The molecule has 1 atom stereocenters. The van der Waals surface area contributed by atoms with E-state index in [1.165, 1.54) is 0 Å². The van der Waals surface area contributed by atoms with E-state index in [4.69, 9.17) is 0 Å². The summed E-state index contributed by atoms with van der Waals surface area (Å²) in [5.41, 5.74) is 0. The summed E-state index contributed by atoms with van der Waals surface area (Å²) >= 11 is 0. The van der Waals surface area contributed by atoms with Crippen LogP contribution >= 0.6 is 12.4 Å². The Bertz CT molecular complexity index is 217. The molecule has 1 saturated heterocycles. The number of halogens is 1. The summed E-state index contributed by atoms with van der Waals surface area (Å²) in [5.74, 6) is 0.208. The van der Waals surface area contributed by atoms with E-state index in [1.54, 1.807) is 4.90 Å². The van der Waals surface area contributed by atoms with E-state index in [2.05, 4.69) is 10.2 Å². The van der Waals surface area contributed by atoms with E-state index in [9.17, 15) is 4.79 Å². The molecule has 1 heterocycles. The molecule has 1 aliphatic heterocycles. The minimum absolute atomic E-state index is 0. The van der Waals surface area contributed by atoms with Crippen LogP contribution in [0.3, 0.4) is 0 Å². The lowest BCUT2D eigenvalue weighted by Crippen LogP contribution is -2.44. The summed E-state index contributed by atoms with van der Waals surface area (Å²) in [6.45, 7) is 6.68. The van der Waals surface area contributed by atoms with Crippen molar-refractivity contribution in [1.29, 1.82) is 0 Å². The molecule has 0 aromatic heterocycles. The predicted octanol–water partition coefficient (Wildman–Crippen LogP) is 0.569. The molecular weight excluding hydrogens is 226 g/mol. The summed E-state index contributed by atoms with van der Waals surface area (Å²) in [7, 11) is 3.90. The standard InChI is InChI=1S/C11H23N3O.ClH/c1-9(2)14(4)11(15)8-13(3)10-5-6-12-7-10;/h9-10,12H,5-8H2,1-4H3;1H. The van der Waals surface area contributed by atoms with Gasteiger partial charge in [0.25, 0.3) is 0 Å². The van der Waals surface area contributed by atoms with Crippen molar-refractivity contribution in [2.24, 2.45) is 0 Å². The van der Waals surface area contributed by atoms with E-state index in [-0.39, 0.29) is 24.4 Å². The topological polar surface area (TPSA) is 35.6 Å². The van der Waals surface area contributed by atoms with E-state index >= 15 is 0 Å². The third-order valence-corrected chi connectivity index (χ3v) is 3.21. The van der Waals surface area contributed by atoms with Crippen molar-refractivity contribution in [3.05, 3.63) is 0 Å². The third kappa shape index (κ3) is 4.28. The highest BCUT2D eigenvalue weighted by Crippen LogP contribution is 2.06. The van der Waals surface area contributed by atoms with Gasteiger partial charge in [-0.25, -0.2) is 0 Å². The van der Waals surface area contributed by atoms with Crippen molar-refractivity contribution in [2.75, 3.05) is 33.7 Å². The predicted molar refractivity (Wildman–Crippen MR) is 69.1 cm³/mol. The smallest absolute Gasteiger partial charge is 0.236 e. The molecule has 1 unspecified atom stereocenters. The zero-order valence-electron chi connectivity index (χ0n) is 10.7. The first-order valence-electron chi connectivity index (χ1n) is 5.69. The number of amides is 1. The Morgan fingerprint density at radius 3 is 2.50 bits per heavy atom. The second-order valence-corrected chi connectivity index (χ2v) is 4.66. The lowest BCUT2D eigenvalue weighted by Gasteiger charge is -2.27. The molecule has 1 N–H and O–H groups in total. The molecule has 1 rings (SSSR count). The van der Waals surface area contributed by atoms with Crippen LogP contribution in [0.2, 0.25) is 0 Å². The number of carbonyl (C=O) groups excluding carboxylic acids is 1. The van der Waals surface area contributed by atoms with Gasteiger partial charge < -0.3 is 10.2 Å². The first-order valence-corrected chi connectivity index (χ1v) is 5.69. The van der Waals surface area contributed by atoms with Crippen molar-refractivity contribution in [3.8, 4) is 0 Å². The zero-order valence-corrected chi connectivity index (χ0v) is 11.5. The van der Waals surface area contributed by atoms with E-state index < -0.39 is 0 Å². The van der Waals surface area contributed by atoms with Gasteiger partial charge in [0.1, 0.15) is 0 Å². The molecule has 1 fully saturated rings. The summed E-state index contributed by atoms with van der Waals surface area (Å²) in [6.07, 6.45) is 1.15. The van der Waals surface area contributed by atoms with Crippen LogP contribution in [0.25, 0.3) is 0 Å². The van der Waals surface area contributed by atoms with Crippen LogP contribution in [0, 0.1) is 0 Å². The first kappa shape index (κ1) is 15.7. The molecule has 1 amide bonds. The molecule has 96 valence electrons. The van der Waals surface area contributed by atoms with E-state index in [0.717, 1.165) is 19.5 Å². The van der Waals surface area contributed by atoms with Crippen LogP contribution in [0.5, 0.6) is 0 Å². The molecule has 0 spiro atoms. The van der Waals surface area contributed by atoms with Crippen LogP contribution in [0.4, 0.5) is 0 Å². The van der Waals surface area contributed by atoms with Gasteiger partial charge in [-0.1, -0.05) is 0 Å². The molecule has 0 aromatic rings. The van der Waals surface area contributed by atoms with Gasteiger partial charge in [-0.2, -0.15) is 0 Å². The van der Waals surface area contributed by atoms with Gasteiger partial charge in [-0.15, -0.1) is 12.4 Å². The number of nitrogens with zero attached hydrogens (tertiary/aromatic N) is 2. The normalized spacial score (nSPS) is 20.0. The van der Waals surface area contributed by atoms with Crippen molar-refractivity contribution in [1.82, 2.24) is 15.1 Å². The van der Waals surface area contributed by atoms with E-state index in [1.807, 2.05) is 27.9 Å². The minimum atomic E-state index is 0. The number of hydrogen-bond donors (Lipinski definition) is 1. The highest BCUT2D eigenvalue weighted by atomic mass is 35.5. The quantitative estimate of drug-likeness (QED) is 0.791. The number of likely N-dealkylation sites (N-methyl/N-ethyl adjacent to an activating group) is 2. The largest absolute Gasteiger partial charge is 0.342 e. The molecule has 1 aliphatic rings. The maximum atomic E-state index is 11.8. The first-order chi connectivity index (χ1) is 7.02. The van der Waals surface area contributed by atoms with Crippen LogP contribution in [-0.4, -0.2) is 61.5 Å². The van der Waals surface area contributed by atoms with Crippen molar-refractivity contribution < 1.29 is 4.79 Å². The Morgan fingerprint density at radius 2 is 2.06 bits per heavy atom. The van der Waals surface area contributed by atoms with Crippen LogP contribution in [0.15, 0.2) is 0 Å². The Labute approximate surface area is 105 Å². The second kappa shape index (κ2) is 7.09. The highest BCUT2D eigenvalue weighted by Gasteiger charge is 2.22. The summed E-state index contributed by atoms with van der Waals surface area (Å²) in [4.78, 5) is 15.8. The fourth-order valence-corrected chi connectivity index (χ4v) is 1.76. The molecule has 0 saturated carbocycles. The van der Waals surface area contributed by atoms with Gasteiger partial charge in [0.05, 0.1) is 6.54 Å². The molecular formula is C11H24ClN3O. The lowest BCUT2D eigenvalue weighted by atomic mass is 10.2. The second-order valence-electron chi connectivity index (χ2n) is 4.66. The molecule has 4 nitrogen and oxygen atoms in total. The van der Waals surface area contributed by atoms with Crippen LogP contribution < -0.4 is 5.32 Å². The lowest BCUT2D eigenvalue weighted by molar-refractivity contribution is -0.132. The average molecular weight is 250 g/mol. The van der Waals surface area contributed by atoms with Gasteiger partial charge in [-0.3, -0.25) is 9.69 Å². The maximum Gasteiger partial charge on any atom is 0.236 e. The van der Waals surface area contributed by atoms with Gasteiger partial charge in [0.15, 0.2) is 0 Å². The van der Waals surface area contributed by atoms with Crippen molar-refractivity contribution in [2.45, 2.75) is 32.4 Å². The van der Waals surface area contributed by atoms with Gasteiger partial charge in [-0.05, 0) is 33.9 Å². The van der Waals surface area contributed by atoms with Gasteiger partial charge in [0.2, 0.25) is 5.91 Å². The summed E-state index contributed by atoms with van der Waals surface area (Å²) in [6, 6.07) is 0.808. The minimum Gasteiger partial charge on any atom is -0.342 e. The zero-order chi connectivity index (χ0) is 11.4. The molecule has 5 heteroatoms. The fraction of sp³-hybridized carbons (Fsp3) is 0.909. The Kier molecular flexibility index (Phi) is 6.95. The van der Waals surface area contributed by atoms with Crippen molar-refractivity contribution in [3.63, 3.8) is 0 Å². The average Bonchev–Trinajstić information content (AvgIpc) is 2.68. The van der Waals surface area contributed by atoms with Crippen molar-refractivity contribution >= 4 is 18.3 Å². The van der Waals surface area contributed by atoms with Crippen LogP contribution in [0.1, 0.15) is 20.3 Å². The third-order valence-electron chi connectivity index (χ3n) is 3.21.